The second kappa shape index (κ2) is 3.95. The van der Waals surface area contributed by atoms with Gasteiger partial charge < -0.3 is 9.84 Å². The molecule has 7 heteroatoms. The first-order chi connectivity index (χ1) is 6.50. The summed E-state index contributed by atoms with van der Waals surface area (Å²) in [5.74, 6) is -3.39. The van der Waals surface area contributed by atoms with Gasteiger partial charge in [-0.15, -0.1) is 0 Å². The lowest BCUT2D eigenvalue weighted by atomic mass is 10.3. The SMILES string of the molecule is O=C(O)c1nc(F)ccc1OC(F)F. The Morgan fingerprint density at radius 1 is 1.50 bits per heavy atom. The number of aromatic carboxylic acids is 1. The number of alkyl halides is 2. The first kappa shape index (κ1) is 10.3. The number of carbonyl (C=O) groups is 1. The summed E-state index contributed by atoms with van der Waals surface area (Å²) in [6.45, 7) is -3.18. The first-order valence-electron chi connectivity index (χ1n) is 3.35. The molecule has 0 atom stereocenters. The van der Waals surface area contributed by atoms with E-state index >= 15 is 0 Å². The van der Waals surface area contributed by atoms with Gasteiger partial charge in [0.15, 0.2) is 11.4 Å². The van der Waals surface area contributed by atoms with E-state index < -0.39 is 30.0 Å². The smallest absolute Gasteiger partial charge is 0.387 e. The van der Waals surface area contributed by atoms with Crippen molar-refractivity contribution in [2.45, 2.75) is 6.61 Å². The minimum Gasteiger partial charge on any atom is -0.476 e. The molecule has 1 aromatic rings. The third-order valence-corrected chi connectivity index (χ3v) is 1.24. The zero-order chi connectivity index (χ0) is 10.7. The number of pyridine rings is 1. The van der Waals surface area contributed by atoms with Gasteiger partial charge in [-0.2, -0.15) is 13.2 Å². The molecule has 0 spiro atoms. The van der Waals surface area contributed by atoms with Crippen molar-refractivity contribution in [2.75, 3.05) is 0 Å². The maximum absolute atomic E-state index is 12.4. The van der Waals surface area contributed by atoms with Crippen molar-refractivity contribution in [3.63, 3.8) is 0 Å². The maximum Gasteiger partial charge on any atom is 0.387 e. The Hall–Kier alpha value is -1.79. The minimum atomic E-state index is -3.18. The predicted molar refractivity (Wildman–Crippen MR) is 37.8 cm³/mol. The number of hydrogen-bond donors (Lipinski definition) is 1. The van der Waals surface area contributed by atoms with Crippen LogP contribution in [0.25, 0.3) is 0 Å². The van der Waals surface area contributed by atoms with Crippen LogP contribution in [0.3, 0.4) is 0 Å². The molecule has 0 radical (unpaired) electrons. The molecular weight excluding hydrogens is 203 g/mol. The highest BCUT2D eigenvalue weighted by Gasteiger charge is 2.17. The van der Waals surface area contributed by atoms with Crippen LogP contribution in [0, 0.1) is 5.95 Å². The zero-order valence-corrected chi connectivity index (χ0v) is 6.58. The number of rotatable bonds is 3. The summed E-state index contributed by atoms with van der Waals surface area (Å²) in [6, 6.07) is 1.50. The van der Waals surface area contributed by atoms with Crippen molar-refractivity contribution >= 4 is 5.97 Å². The van der Waals surface area contributed by atoms with Crippen molar-refractivity contribution in [1.82, 2.24) is 4.98 Å². The van der Waals surface area contributed by atoms with Gasteiger partial charge in [-0.05, 0) is 12.1 Å². The molecular formula is C7H4F3NO3. The van der Waals surface area contributed by atoms with E-state index in [1.54, 1.807) is 0 Å². The summed E-state index contributed by atoms with van der Waals surface area (Å²) in [5, 5.41) is 8.45. The molecule has 0 aromatic carbocycles. The van der Waals surface area contributed by atoms with Crippen LogP contribution in [0.4, 0.5) is 13.2 Å². The van der Waals surface area contributed by atoms with E-state index in [0.717, 1.165) is 12.1 Å². The van der Waals surface area contributed by atoms with Crippen LogP contribution < -0.4 is 4.74 Å². The molecule has 76 valence electrons. The molecule has 1 aromatic heterocycles. The van der Waals surface area contributed by atoms with E-state index in [0.29, 0.717) is 0 Å². The number of aromatic nitrogens is 1. The molecule has 0 bridgehead atoms. The van der Waals surface area contributed by atoms with Crippen LogP contribution in [0.15, 0.2) is 12.1 Å². The molecule has 0 amide bonds. The van der Waals surface area contributed by atoms with E-state index in [4.69, 9.17) is 5.11 Å². The van der Waals surface area contributed by atoms with Crippen LogP contribution in [0.2, 0.25) is 0 Å². The number of nitrogens with zero attached hydrogens (tertiary/aromatic N) is 1. The number of halogens is 3. The lowest BCUT2D eigenvalue weighted by Crippen LogP contribution is -2.10. The van der Waals surface area contributed by atoms with Gasteiger partial charge in [-0.3, -0.25) is 0 Å². The van der Waals surface area contributed by atoms with Crippen LogP contribution in [-0.2, 0) is 0 Å². The molecule has 1 N–H and O–H groups in total. The van der Waals surface area contributed by atoms with Crippen molar-refractivity contribution in [1.29, 1.82) is 0 Å². The summed E-state index contributed by atoms with van der Waals surface area (Å²) in [7, 11) is 0. The third kappa shape index (κ3) is 2.35. The summed E-state index contributed by atoms with van der Waals surface area (Å²) >= 11 is 0. The summed E-state index contributed by atoms with van der Waals surface area (Å²) in [6.07, 6.45) is 0. The van der Waals surface area contributed by atoms with Crippen LogP contribution in [0.1, 0.15) is 10.5 Å². The fraction of sp³-hybridized carbons (Fsp3) is 0.143. The fourth-order valence-electron chi connectivity index (χ4n) is 0.767. The van der Waals surface area contributed by atoms with E-state index in [-0.39, 0.29) is 0 Å². The number of carboxylic acids is 1. The normalized spacial score (nSPS) is 10.3. The number of hydrogen-bond acceptors (Lipinski definition) is 3. The van der Waals surface area contributed by atoms with E-state index in [9.17, 15) is 18.0 Å². The average molecular weight is 207 g/mol. The zero-order valence-electron chi connectivity index (χ0n) is 6.58. The molecule has 0 saturated heterocycles. The van der Waals surface area contributed by atoms with Crippen LogP contribution in [-0.4, -0.2) is 22.7 Å². The van der Waals surface area contributed by atoms with Crippen molar-refractivity contribution in [3.05, 3.63) is 23.8 Å². The fourth-order valence-corrected chi connectivity index (χ4v) is 0.767. The van der Waals surface area contributed by atoms with Gasteiger partial charge in [0.05, 0.1) is 0 Å². The Morgan fingerprint density at radius 2 is 2.14 bits per heavy atom. The van der Waals surface area contributed by atoms with Crippen LogP contribution >= 0.6 is 0 Å². The van der Waals surface area contributed by atoms with Gasteiger partial charge in [0.25, 0.3) is 0 Å². The van der Waals surface area contributed by atoms with Gasteiger partial charge in [-0.25, -0.2) is 9.78 Å². The van der Waals surface area contributed by atoms with Crippen molar-refractivity contribution in [2.24, 2.45) is 0 Å². The second-order valence-electron chi connectivity index (χ2n) is 2.16. The summed E-state index contributed by atoms with van der Waals surface area (Å²) < 4.78 is 39.7. The Balaban J connectivity index is 3.08. The predicted octanol–water partition coefficient (Wildman–Crippen LogP) is 1.52. The van der Waals surface area contributed by atoms with Gasteiger partial charge >= 0.3 is 12.6 Å². The van der Waals surface area contributed by atoms with Crippen LogP contribution in [0.5, 0.6) is 5.75 Å². The van der Waals surface area contributed by atoms with E-state index in [2.05, 4.69) is 9.72 Å². The topological polar surface area (TPSA) is 59.4 Å². The first-order valence-corrected chi connectivity index (χ1v) is 3.35. The monoisotopic (exact) mass is 207 g/mol. The number of carboxylic acid groups (broad SMARTS) is 1. The van der Waals surface area contributed by atoms with E-state index in [1.807, 2.05) is 0 Å². The Bertz CT molecular complexity index is 356. The second-order valence-corrected chi connectivity index (χ2v) is 2.16. The van der Waals surface area contributed by atoms with Gasteiger partial charge in [-0.1, -0.05) is 0 Å². The molecule has 0 aliphatic heterocycles. The molecule has 14 heavy (non-hydrogen) atoms. The minimum absolute atomic E-state index is 0.672. The molecule has 0 aliphatic rings. The lowest BCUT2D eigenvalue weighted by Gasteiger charge is -2.06. The third-order valence-electron chi connectivity index (χ3n) is 1.24. The van der Waals surface area contributed by atoms with Gasteiger partial charge in [0.1, 0.15) is 0 Å². The molecule has 1 rings (SSSR count). The molecule has 1 heterocycles. The average Bonchev–Trinajstić information content (AvgIpc) is 2.07. The Labute approximate surface area is 75.9 Å². The maximum atomic E-state index is 12.4. The Morgan fingerprint density at radius 3 is 2.64 bits per heavy atom. The summed E-state index contributed by atoms with van der Waals surface area (Å²) in [4.78, 5) is 13.3. The highest BCUT2D eigenvalue weighted by molar-refractivity contribution is 5.88. The lowest BCUT2D eigenvalue weighted by molar-refractivity contribution is -0.0507. The Kier molecular flexibility index (Phi) is 2.90. The quantitative estimate of drug-likeness (QED) is 0.763. The number of ether oxygens (including phenoxy) is 1. The largest absolute Gasteiger partial charge is 0.476 e. The van der Waals surface area contributed by atoms with E-state index in [1.165, 1.54) is 0 Å². The van der Waals surface area contributed by atoms with Crippen molar-refractivity contribution in [3.8, 4) is 5.75 Å². The van der Waals surface area contributed by atoms with Gasteiger partial charge in [0.2, 0.25) is 5.95 Å². The molecule has 0 aliphatic carbocycles. The van der Waals surface area contributed by atoms with Gasteiger partial charge in [0, 0.05) is 0 Å². The highest BCUT2D eigenvalue weighted by atomic mass is 19.3. The molecule has 0 saturated carbocycles. The highest BCUT2D eigenvalue weighted by Crippen LogP contribution is 2.18. The molecule has 4 nitrogen and oxygen atoms in total. The molecule has 0 fully saturated rings. The standard InChI is InChI=1S/C7H4F3NO3/c8-4-2-1-3(14-7(9)10)5(11-4)6(12)13/h1-2,7H,(H,12,13). The molecule has 0 unspecified atom stereocenters. The van der Waals surface area contributed by atoms with Crippen molar-refractivity contribution < 1.29 is 27.8 Å². The summed E-state index contributed by atoms with van der Waals surface area (Å²) in [5.41, 5.74) is -0.884.